The molecule has 0 aliphatic rings. The van der Waals surface area contributed by atoms with Crippen LogP contribution < -0.4 is 16.2 Å². The van der Waals surface area contributed by atoms with Gasteiger partial charge in [-0.2, -0.15) is 0 Å². The minimum absolute atomic E-state index is 0.0132. The number of carbonyl (C=O) groups excluding carboxylic acids is 2. The summed E-state index contributed by atoms with van der Waals surface area (Å²) in [5, 5.41) is 25.6. The molecule has 37 heavy (non-hydrogen) atoms. The molecular formula is C26H32FN5O5. The number of urea groups is 1. The van der Waals surface area contributed by atoms with Crippen molar-refractivity contribution in [2.45, 2.75) is 26.8 Å². The highest BCUT2D eigenvalue weighted by Gasteiger charge is 2.25. The highest BCUT2D eigenvalue weighted by Crippen LogP contribution is 2.26. The third kappa shape index (κ3) is 6.62. The van der Waals surface area contributed by atoms with E-state index in [4.69, 9.17) is 0 Å². The van der Waals surface area contributed by atoms with Gasteiger partial charge in [-0.3, -0.25) is 14.6 Å². The Morgan fingerprint density at radius 2 is 1.81 bits per heavy atom. The number of aromatic hydroxyl groups is 1. The van der Waals surface area contributed by atoms with Gasteiger partial charge >= 0.3 is 6.03 Å². The van der Waals surface area contributed by atoms with Gasteiger partial charge < -0.3 is 30.3 Å². The van der Waals surface area contributed by atoms with Crippen molar-refractivity contribution in [3.8, 4) is 5.75 Å². The van der Waals surface area contributed by atoms with Crippen molar-refractivity contribution in [3.05, 3.63) is 69.4 Å². The third-order valence-electron chi connectivity index (χ3n) is 5.86. The molecule has 0 fully saturated rings. The molecule has 0 radical (unpaired) electrons. The lowest BCUT2D eigenvalue weighted by atomic mass is 9.95. The minimum atomic E-state index is -0.797. The normalized spacial score (nSPS) is 11.4. The first kappa shape index (κ1) is 27.6. The summed E-state index contributed by atoms with van der Waals surface area (Å²) in [6.07, 6.45) is 1.92. The fourth-order valence-corrected chi connectivity index (χ4v) is 3.60. The van der Waals surface area contributed by atoms with Crippen LogP contribution in [0.25, 0.3) is 11.0 Å². The Kier molecular flexibility index (Phi) is 8.49. The molecule has 2 aromatic heterocycles. The molecule has 3 aromatic rings. The number of amides is 3. The van der Waals surface area contributed by atoms with Gasteiger partial charge in [0, 0.05) is 51.9 Å². The first-order valence-electron chi connectivity index (χ1n) is 11.8. The van der Waals surface area contributed by atoms with Gasteiger partial charge in [0.05, 0.1) is 5.52 Å². The molecule has 0 saturated heterocycles. The van der Waals surface area contributed by atoms with Crippen molar-refractivity contribution in [1.29, 1.82) is 0 Å². The van der Waals surface area contributed by atoms with Crippen LogP contribution in [0.1, 0.15) is 35.3 Å². The van der Waals surface area contributed by atoms with E-state index >= 15 is 0 Å². The maximum atomic E-state index is 13.5. The van der Waals surface area contributed by atoms with Crippen LogP contribution in [-0.2, 0) is 13.0 Å². The maximum absolute atomic E-state index is 13.5. The number of nitrogens with zero attached hydrogens (tertiary/aromatic N) is 3. The number of hydrogen-bond acceptors (Lipinski definition) is 6. The summed E-state index contributed by atoms with van der Waals surface area (Å²) in [7, 11) is 3.17. The lowest BCUT2D eigenvalue weighted by molar-refractivity contribution is 0.0906. The van der Waals surface area contributed by atoms with Gasteiger partial charge in [-0.1, -0.05) is 26.0 Å². The van der Waals surface area contributed by atoms with Gasteiger partial charge in [0.1, 0.15) is 16.9 Å². The average Bonchev–Trinajstić information content (AvgIpc) is 2.86. The molecule has 0 saturated carbocycles. The number of rotatable bonds is 9. The molecular weight excluding hydrogens is 481 g/mol. The number of aliphatic hydroxyl groups excluding tert-OH is 1. The van der Waals surface area contributed by atoms with Gasteiger partial charge in [-0.15, -0.1) is 0 Å². The van der Waals surface area contributed by atoms with Crippen LogP contribution in [0, 0.1) is 11.2 Å². The average molecular weight is 514 g/mol. The number of pyridine rings is 2. The summed E-state index contributed by atoms with van der Waals surface area (Å²) in [5.41, 5.74) is 0.00211. The molecule has 0 bridgehead atoms. The van der Waals surface area contributed by atoms with E-state index in [1.165, 1.54) is 27.8 Å². The molecule has 10 nitrogen and oxygen atoms in total. The Morgan fingerprint density at radius 3 is 2.43 bits per heavy atom. The number of halogens is 1. The number of aliphatic hydroxyl groups is 1. The largest absolute Gasteiger partial charge is 0.505 e. The zero-order chi connectivity index (χ0) is 27.3. The monoisotopic (exact) mass is 513 g/mol. The summed E-state index contributed by atoms with van der Waals surface area (Å²) in [4.78, 5) is 44.1. The smallest absolute Gasteiger partial charge is 0.316 e. The second kappa shape index (κ2) is 11.4. The zero-order valence-corrected chi connectivity index (χ0v) is 21.3. The van der Waals surface area contributed by atoms with Crippen LogP contribution in [0.4, 0.5) is 9.18 Å². The van der Waals surface area contributed by atoms with Crippen molar-refractivity contribution in [2.24, 2.45) is 5.41 Å². The van der Waals surface area contributed by atoms with Crippen molar-refractivity contribution >= 4 is 23.0 Å². The number of benzene rings is 1. The number of hydrogen-bond donors (Lipinski definition) is 4. The fourth-order valence-electron chi connectivity index (χ4n) is 3.60. The predicted molar refractivity (Wildman–Crippen MR) is 137 cm³/mol. The summed E-state index contributed by atoms with van der Waals surface area (Å²) in [6, 6.07) is 7.31. The fraction of sp³-hybridized carbons (Fsp3) is 0.385. The standard InChI is InChI=1S/C26H32FN5O5/c1-26(2,15-33)14-30-23(35)20-22(34)21-19(32(24(20)36)10-9-28-25(37)31(3)4)12-17(13-29-21)11-16-5-7-18(27)8-6-16/h5-8,12-13,33-34H,9-11,14-15H2,1-4H3,(H,28,37)(H,30,35). The predicted octanol–water partition coefficient (Wildman–Crippen LogP) is 1.85. The molecule has 0 aliphatic heterocycles. The Labute approximate surface area is 213 Å². The van der Waals surface area contributed by atoms with E-state index in [-0.39, 0.29) is 49.1 Å². The van der Waals surface area contributed by atoms with Crippen molar-refractivity contribution in [2.75, 3.05) is 33.8 Å². The topological polar surface area (TPSA) is 137 Å². The highest BCUT2D eigenvalue weighted by molar-refractivity contribution is 6.01. The lowest BCUT2D eigenvalue weighted by Crippen LogP contribution is -2.41. The molecule has 0 atom stereocenters. The zero-order valence-electron chi connectivity index (χ0n) is 21.3. The molecule has 0 aliphatic carbocycles. The highest BCUT2D eigenvalue weighted by atomic mass is 19.1. The summed E-state index contributed by atoms with van der Waals surface area (Å²) in [5.74, 6) is -1.71. The Bertz CT molecular complexity index is 1350. The van der Waals surface area contributed by atoms with E-state index in [0.29, 0.717) is 12.0 Å². The van der Waals surface area contributed by atoms with Crippen LogP contribution in [0.5, 0.6) is 5.75 Å². The van der Waals surface area contributed by atoms with E-state index in [2.05, 4.69) is 15.6 Å². The van der Waals surface area contributed by atoms with Gasteiger partial charge in [0.15, 0.2) is 5.75 Å². The van der Waals surface area contributed by atoms with Crippen LogP contribution in [0.3, 0.4) is 0 Å². The quantitative estimate of drug-likeness (QED) is 0.345. The van der Waals surface area contributed by atoms with Gasteiger partial charge in [-0.25, -0.2) is 9.18 Å². The van der Waals surface area contributed by atoms with Crippen LogP contribution in [-0.4, -0.2) is 70.4 Å². The van der Waals surface area contributed by atoms with Crippen molar-refractivity contribution in [3.63, 3.8) is 0 Å². The second-order valence-corrected chi connectivity index (χ2v) is 9.83. The summed E-state index contributed by atoms with van der Waals surface area (Å²) < 4.78 is 14.6. The molecule has 0 unspecified atom stereocenters. The molecule has 1 aromatic carbocycles. The van der Waals surface area contributed by atoms with Crippen LogP contribution in [0.2, 0.25) is 0 Å². The molecule has 4 N–H and O–H groups in total. The van der Waals surface area contributed by atoms with Gasteiger partial charge in [0.25, 0.3) is 11.5 Å². The summed E-state index contributed by atoms with van der Waals surface area (Å²) in [6.45, 7) is 3.46. The molecule has 198 valence electrons. The van der Waals surface area contributed by atoms with E-state index in [1.54, 1.807) is 46.1 Å². The SMILES string of the molecule is CN(C)C(=O)NCCn1c(=O)c(C(=O)NCC(C)(C)CO)c(O)c2ncc(Cc3ccc(F)cc3)cc21. The minimum Gasteiger partial charge on any atom is -0.505 e. The van der Waals surface area contributed by atoms with E-state index in [0.717, 1.165) is 5.56 Å². The molecule has 3 rings (SSSR count). The Morgan fingerprint density at radius 1 is 1.14 bits per heavy atom. The number of fused-ring (bicyclic) bond motifs is 1. The first-order valence-corrected chi connectivity index (χ1v) is 11.8. The first-order chi connectivity index (χ1) is 17.4. The van der Waals surface area contributed by atoms with Crippen molar-refractivity contribution < 1.29 is 24.2 Å². The third-order valence-corrected chi connectivity index (χ3v) is 5.86. The van der Waals surface area contributed by atoms with Gasteiger partial charge in [-0.05, 0) is 35.7 Å². The van der Waals surface area contributed by atoms with E-state index in [9.17, 15) is 29.0 Å². The molecule has 11 heteroatoms. The maximum Gasteiger partial charge on any atom is 0.316 e. The van der Waals surface area contributed by atoms with Crippen molar-refractivity contribution in [1.82, 2.24) is 25.1 Å². The summed E-state index contributed by atoms with van der Waals surface area (Å²) >= 11 is 0. The Balaban J connectivity index is 2.05. The molecule has 3 amide bonds. The Hall–Kier alpha value is -3.99. The lowest BCUT2D eigenvalue weighted by Gasteiger charge is -2.22. The molecule has 2 heterocycles. The number of carbonyl (C=O) groups is 2. The number of aromatic nitrogens is 2. The van der Waals surface area contributed by atoms with E-state index < -0.39 is 28.2 Å². The van der Waals surface area contributed by atoms with Crippen LogP contribution >= 0.6 is 0 Å². The van der Waals surface area contributed by atoms with Crippen LogP contribution in [0.15, 0.2) is 41.3 Å². The van der Waals surface area contributed by atoms with Gasteiger partial charge in [0.2, 0.25) is 0 Å². The number of nitrogens with one attached hydrogen (secondary N) is 2. The molecule has 0 spiro atoms. The van der Waals surface area contributed by atoms with E-state index in [1.807, 2.05) is 0 Å². The second-order valence-electron chi connectivity index (χ2n) is 9.83.